The first-order valence-electron chi connectivity index (χ1n) is 7.50. The highest BCUT2D eigenvalue weighted by atomic mass is 16.2. The van der Waals surface area contributed by atoms with Gasteiger partial charge in [0.25, 0.3) is 5.91 Å². The van der Waals surface area contributed by atoms with Crippen molar-refractivity contribution in [2.24, 2.45) is 5.73 Å². The number of carbonyl (C=O) groups excluding carboxylic acids is 2. The predicted molar refractivity (Wildman–Crippen MR) is 81.7 cm³/mol. The lowest BCUT2D eigenvalue weighted by molar-refractivity contribution is -0.133. The highest BCUT2D eigenvalue weighted by molar-refractivity contribution is 5.97. The molecule has 21 heavy (non-hydrogen) atoms. The smallest absolute Gasteiger partial charge is 0.251 e. The molecule has 1 heterocycles. The van der Waals surface area contributed by atoms with Crippen LogP contribution in [0.15, 0.2) is 24.3 Å². The van der Waals surface area contributed by atoms with Crippen molar-refractivity contribution < 1.29 is 9.59 Å². The molecule has 0 saturated carbocycles. The van der Waals surface area contributed by atoms with Gasteiger partial charge in [0.05, 0.1) is 0 Å². The van der Waals surface area contributed by atoms with Crippen molar-refractivity contribution in [2.75, 3.05) is 13.1 Å². The molecule has 2 amide bonds. The fraction of sp³-hybridized carbons (Fsp3) is 0.500. The normalized spacial score (nSPS) is 16.4. The third-order valence-electron chi connectivity index (χ3n) is 3.84. The first-order chi connectivity index (χ1) is 10.1. The third kappa shape index (κ3) is 4.04. The number of piperidine rings is 1. The van der Waals surface area contributed by atoms with Crippen molar-refractivity contribution in [1.82, 2.24) is 10.2 Å². The van der Waals surface area contributed by atoms with Gasteiger partial charge in [0.2, 0.25) is 5.91 Å². The van der Waals surface area contributed by atoms with Gasteiger partial charge in [0.15, 0.2) is 0 Å². The molecule has 114 valence electrons. The van der Waals surface area contributed by atoms with Crippen LogP contribution in [-0.4, -0.2) is 35.8 Å². The molecule has 5 heteroatoms. The van der Waals surface area contributed by atoms with E-state index in [2.05, 4.69) is 5.32 Å². The summed E-state index contributed by atoms with van der Waals surface area (Å²) < 4.78 is 0. The lowest BCUT2D eigenvalue weighted by atomic mass is 10.1. The average Bonchev–Trinajstić information content (AvgIpc) is 2.55. The summed E-state index contributed by atoms with van der Waals surface area (Å²) in [7, 11) is 0. The van der Waals surface area contributed by atoms with E-state index < -0.39 is 6.04 Å². The fourth-order valence-corrected chi connectivity index (χ4v) is 2.52. The minimum atomic E-state index is -0.496. The molecule has 3 N–H and O–H groups in total. The van der Waals surface area contributed by atoms with Gasteiger partial charge in [-0.1, -0.05) is 12.1 Å². The van der Waals surface area contributed by atoms with Gasteiger partial charge in [-0.2, -0.15) is 0 Å². The second-order valence-electron chi connectivity index (χ2n) is 5.48. The van der Waals surface area contributed by atoms with Crippen LogP contribution in [0.3, 0.4) is 0 Å². The molecule has 0 aromatic heterocycles. The van der Waals surface area contributed by atoms with E-state index in [1.165, 1.54) is 6.42 Å². The van der Waals surface area contributed by atoms with Crippen LogP contribution in [0.1, 0.15) is 42.1 Å². The van der Waals surface area contributed by atoms with Gasteiger partial charge in [-0.25, -0.2) is 0 Å². The van der Waals surface area contributed by atoms with Crippen molar-refractivity contribution in [2.45, 2.75) is 38.8 Å². The molecule has 1 atom stereocenters. The largest absolute Gasteiger partial charge is 0.341 e. The molecule has 0 spiro atoms. The van der Waals surface area contributed by atoms with Crippen molar-refractivity contribution >= 4 is 11.8 Å². The molecule has 1 aliphatic heterocycles. The van der Waals surface area contributed by atoms with E-state index in [0.717, 1.165) is 31.5 Å². The Hall–Kier alpha value is -1.88. The van der Waals surface area contributed by atoms with Crippen LogP contribution < -0.4 is 11.1 Å². The van der Waals surface area contributed by atoms with Gasteiger partial charge >= 0.3 is 0 Å². The highest BCUT2D eigenvalue weighted by Crippen LogP contribution is 2.10. The third-order valence-corrected chi connectivity index (χ3v) is 3.84. The predicted octanol–water partition coefficient (Wildman–Crippen LogP) is 1.28. The van der Waals surface area contributed by atoms with Crippen molar-refractivity contribution in [1.29, 1.82) is 0 Å². The number of amides is 2. The van der Waals surface area contributed by atoms with E-state index in [0.29, 0.717) is 12.1 Å². The fourth-order valence-electron chi connectivity index (χ4n) is 2.52. The van der Waals surface area contributed by atoms with Crippen LogP contribution in [-0.2, 0) is 11.3 Å². The minimum Gasteiger partial charge on any atom is -0.341 e. The van der Waals surface area contributed by atoms with Crippen molar-refractivity contribution in [3.05, 3.63) is 35.4 Å². The summed E-state index contributed by atoms with van der Waals surface area (Å²) in [6.45, 7) is 3.78. The summed E-state index contributed by atoms with van der Waals surface area (Å²) in [5.74, 6) is -0.224. The standard InChI is InChI=1S/C16H23N3O2/c1-12(16(21)19-9-3-2-4-10-19)18-15(20)14-7-5-13(11-17)6-8-14/h5-8,12H,2-4,9-11,17H2,1H3,(H,18,20). The Morgan fingerprint density at radius 2 is 1.81 bits per heavy atom. The number of benzene rings is 1. The van der Waals surface area contributed by atoms with Gasteiger partial charge in [0.1, 0.15) is 6.04 Å². The van der Waals surface area contributed by atoms with E-state index in [1.54, 1.807) is 19.1 Å². The van der Waals surface area contributed by atoms with Gasteiger partial charge in [-0.15, -0.1) is 0 Å². The van der Waals surface area contributed by atoms with Crippen LogP contribution in [0.25, 0.3) is 0 Å². The quantitative estimate of drug-likeness (QED) is 0.876. The van der Waals surface area contributed by atoms with Crippen molar-refractivity contribution in [3.63, 3.8) is 0 Å². The zero-order valence-corrected chi connectivity index (χ0v) is 12.5. The maximum atomic E-state index is 12.3. The SMILES string of the molecule is CC(NC(=O)c1ccc(CN)cc1)C(=O)N1CCCCC1. The Balaban J connectivity index is 1.92. The van der Waals surface area contributed by atoms with E-state index in [4.69, 9.17) is 5.73 Å². The van der Waals surface area contributed by atoms with E-state index in [-0.39, 0.29) is 11.8 Å². The number of likely N-dealkylation sites (tertiary alicyclic amines) is 1. The second-order valence-corrected chi connectivity index (χ2v) is 5.48. The number of nitrogens with two attached hydrogens (primary N) is 1. The monoisotopic (exact) mass is 289 g/mol. The summed E-state index contributed by atoms with van der Waals surface area (Å²) in [4.78, 5) is 26.2. The van der Waals surface area contributed by atoms with Crippen LogP contribution in [0.5, 0.6) is 0 Å². The Morgan fingerprint density at radius 3 is 2.38 bits per heavy atom. The Kier molecular flexibility index (Phi) is 5.33. The zero-order valence-electron chi connectivity index (χ0n) is 12.5. The number of nitrogens with one attached hydrogen (secondary N) is 1. The summed E-state index contributed by atoms with van der Waals surface area (Å²) >= 11 is 0. The van der Waals surface area contributed by atoms with Gasteiger partial charge < -0.3 is 16.0 Å². The Labute approximate surface area is 125 Å². The molecule has 1 saturated heterocycles. The number of rotatable bonds is 4. The average molecular weight is 289 g/mol. The van der Waals surface area contributed by atoms with E-state index >= 15 is 0 Å². The Morgan fingerprint density at radius 1 is 1.19 bits per heavy atom. The number of hydrogen-bond acceptors (Lipinski definition) is 3. The zero-order chi connectivity index (χ0) is 15.2. The molecule has 0 bridgehead atoms. The molecular weight excluding hydrogens is 266 g/mol. The maximum absolute atomic E-state index is 12.3. The van der Waals surface area contributed by atoms with Crippen LogP contribution in [0.2, 0.25) is 0 Å². The van der Waals surface area contributed by atoms with Crippen LogP contribution >= 0.6 is 0 Å². The van der Waals surface area contributed by atoms with Gasteiger partial charge in [-0.3, -0.25) is 9.59 Å². The van der Waals surface area contributed by atoms with Crippen LogP contribution in [0, 0.1) is 0 Å². The molecular formula is C16H23N3O2. The second kappa shape index (κ2) is 7.22. The summed E-state index contributed by atoms with van der Waals surface area (Å²) in [6.07, 6.45) is 3.28. The van der Waals surface area contributed by atoms with Crippen LogP contribution in [0.4, 0.5) is 0 Å². The summed E-state index contributed by atoms with van der Waals surface area (Å²) in [5.41, 5.74) is 7.05. The first-order valence-corrected chi connectivity index (χ1v) is 7.50. The molecule has 1 aromatic rings. The summed E-state index contributed by atoms with van der Waals surface area (Å²) in [5, 5.41) is 2.77. The minimum absolute atomic E-state index is 0.00151. The molecule has 5 nitrogen and oxygen atoms in total. The summed E-state index contributed by atoms with van der Waals surface area (Å²) in [6, 6.07) is 6.62. The molecule has 1 aliphatic rings. The van der Waals surface area contributed by atoms with Crippen molar-refractivity contribution in [3.8, 4) is 0 Å². The highest BCUT2D eigenvalue weighted by Gasteiger charge is 2.23. The molecule has 0 radical (unpaired) electrons. The number of carbonyl (C=O) groups is 2. The lowest BCUT2D eigenvalue weighted by Crippen LogP contribution is -2.48. The number of nitrogens with zero attached hydrogens (tertiary/aromatic N) is 1. The topological polar surface area (TPSA) is 75.4 Å². The van der Waals surface area contributed by atoms with Gasteiger partial charge in [-0.05, 0) is 43.9 Å². The van der Waals surface area contributed by atoms with Gasteiger partial charge in [0, 0.05) is 25.2 Å². The molecule has 1 unspecified atom stereocenters. The molecule has 1 fully saturated rings. The molecule has 1 aromatic carbocycles. The number of hydrogen-bond donors (Lipinski definition) is 2. The maximum Gasteiger partial charge on any atom is 0.251 e. The molecule has 2 rings (SSSR count). The van der Waals surface area contributed by atoms with E-state index in [9.17, 15) is 9.59 Å². The lowest BCUT2D eigenvalue weighted by Gasteiger charge is -2.29. The molecule has 0 aliphatic carbocycles. The van der Waals surface area contributed by atoms with E-state index in [1.807, 2.05) is 17.0 Å². The first kappa shape index (κ1) is 15.5. The Bertz CT molecular complexity index is 493.